The summed E-state index contributed by atoms with van der Waals surface area (Å²) in [5.74, 6) is -0.668. The van der Waals surface area contributed by atoms with Gasteiger partial charge in [-0.05, 0) is 124 Å². The van der Waals surface area contributed by atoms with Crippen molar-refractivity contribution in [3.05, 3.63) is 84.7 Å². The standard InChI is InChI=1S/C46H64N4O5/c1-11-24(4)15-14-16-25(5)19-20-55-39(51)18-17-32-28(8)35-21-33-26(6)30(12-2)37(47-33)22-34-27(7)31(13-3)38(48-34)23-36-29(9)40-44(50-36)41(43(32)49-35)42(45(40)52)46(53)54-10/h19,21-24,28,30,32,42-43,45,47-50,52H,11-18,20H2,1-10H3/b25-19-,35-21-,36-23-,37-22-/t24-,28-,30+,32-,42+,43?,45-/m0/s1. The minimum atomic E-state index is -1.07. The molecule has 6 rings (SSSR count). The van der Waals surface area contributed by atoms with Crippen LogP contribution in [0.3, 0.4) is 0 Å². The number of methoxy groups -OCH3 is 1. The van der Waals surface area contributed by atoms with Gasteiger partial charge in [-0.2, -0.15) is 0 Å². The van der Waals surface area contributed by atoms with Crippen molar-refractivity contribution in [1.29, 1.82) is 0 Å². The van der Waals surface area contributed by atoms with Gasteiger partial charge in [0.1, 0.15) is 12.5 Å². The molecule has 0 spiro atoms. The number of nitrogens with one attached hydrogen (secondary N) is 4. The molecule has 5 heterocycles. The molecule has 298 valence electrons. The molecule has 0 saturated carbocycles. The lowest BCUT2D eigenvalue weighted by atomic mass is 9.80. The van der Waals surface area contributed by atoms with Gasteiger partial charge in [0.05, 0.1) is 19.3 Å². The zero-order valence-electron chi connectivity index (χ0n) is 34.8. The molecule has 1 fully saturated rings. The smallest absolute Gasteiger partial charge is 0.315 e. The molecule has 0 aromatic carbocycles. The van der Waals surface area contributed by atoms with Gasteiger partial charge in [0.15, 0.2) is 0 Å². The molecule has 2 aromatic heterocycles. The van der Waals surface area contributed by atoms with Gasteiger partial charge in [-0.25, -0.2) is 0 Å². The number of hydrogen-bond acceptors (Lipinski definition) is 7. The molecular formula is C46H64N4O5. The molecule has 1 unspecified atom stereocenters. The highest BCUT2D eigenvalue weighted by Crippen LogP contribution is 2.45. The molecule has 55 heavy (non-hydrogen) atoms. The summed E-state index contributed by atoms with van der Waals surface area (Å²) in [6.07, 6.45) is 14.8. The fourth-order valence-corrected chi connectivity index (χ4v) is 9.53. The first kappa shape index (κ1) is 40.4. The predicted octanol–water partition coefficient (Wildman–Crippen LogP) is 7.19. The summed E-state index contributed by atoms with van der Waals surface area (Å²) in [6.45, 7) is 19.9. The summed E-state index contributed by atoms with van der Waals surface area (Å²) < 4.78 is 11.1. The van der Waals surface area contributed by atoms with E-state index in [1.807, 2.05) is 13.0 Å². The number of allylic oxidation sites excluding steroid dienone is 4. The Labute approximate surface area is 327 Å². The van der Waals surface area contributed by atoms with Gasteiger partial charge >= 0.3 is 11.9 Å². The lowest BCUT2D eigenvalue weighted by molar-refractivity contribution is -0.147. The van der Waals surface area contributed by atoms with Crippen LogP contribution >= 0.6 is 0 Å². The molecule has 7 atom stereocenters. The highest BCUT2D eigenvalue weighted by Gasteiger charge is 2.49. The largest absolute Gasteiger partial charge is 0.468 e. The maximum atomic E-state index is 13.6. The summed E-state index contributed by atoms with van der Waals surface area (Å²) in [7, 11) is 1.38. The fourth-order valence-electron chi connectivity index (χ4n) is 9.53. The topological polar surface area (TPSA) is 128 Å². The lowest BCUT2D eigenvalue weighted by Crippen LogP contribution is -2.37. The van der Waals surface area contributed by atoms with E-state index in [9.17, 15) is 14.7 Å². The van der Waals surface area contributed by atoms with Crippen molar-refractivity contribution in [3.8, 4) is 0 Å². The third kappa shape index (κ3) is 7.78. The average molecular weight is 753 g/mol. The second-order valence-corrected chi connectivity index (χ2v) is 16.5. The molecule has 0 radical (unpaired) electrons. The van der Waals surface area contributed by atoms with Crippen LogP contribution in [0.25, 0.3) is 17.7 Å². The Morgan fingerprint density at radius 1 is 1.00 bits per heavy atom. The molecule has 0 amide bonds. The van der Waals surface area contributed by atoms with E-state index in [2.05, 4.69) is 94.2 Å². The average Bonchev–Trinajstić information content (AvgIpc) is 3.90. The van der Waals surface area contributed by atoms with E-state index in [-0.39, 0.29) is 42.8 Å². The van der Waals surface area contributed by atoms with E-state index in [4.69, 9.17) is 9.47 Å². The quantitative estimate of drug-likeness (QED) is 0.108. The molecular weight excluding hydrogens is 689 g/mol. The summed E-state index contributed by atoms with van der Waals surface area (Å²) >= 11 is 0. The van der Waals surface area contributed by atoms with Crippen LogP contribution in [0, 0.1) is 43.4 Å². The minimum Gasteiger partial charge on any atom is -0.468 e. The zero-order valence-corrected chi connectivity index (χ0v) is 34.8. The number of hydrogen-bond donors (Lipinski definition) is 5. The highest BCUT2D eigenvalue weighted by molar-refractivity contribution is 5.88. The number of carbonyl (C=O) groups excluding carboxylic acids is 2. The summed E-state index contributed by atoms with van der Waals surface area (Å²) in [5, 5.41) is 21.3. The Balaban J connectivity index is 1.41. The number of aliphatic hydroxyl groups excluding tert-OH is 1. The van der Waals surface area contributed by atoms with E-state index in [0.29, 0.717) is 6.42 Å². The number of aliphatic hydroxyl groups is 1. The zero-order chi connectivity index (χ0) is 39.7. The molecule has 2 aromatic rings. The number of ether oxygens (including phenoxy) is 2. The van der Waals surface area contributed by atoms with Crippen LogP contribution in [0.15, 0.2) is 40.4 Å². The number of aromatic amines is 2. The summed E-state index contributed by atoms with van der Waals surface area (Å²) in [6, 6.07) is -0.342. The fraction of sp³-hybridized carbons (Fsp3) is 0.565. The van der Waals surface area contributed by atoms with Crippen molar-refractivity contribution < 1.29 is 24.2 Å². The van der Waals surface area contributed by atoms with Crippen molar-refractivity contribution >= 4 is 29.7 Å². The number of aromatic nitrogens is 2. The number of fused-ring (bicyclic) bond motifs is 8. The Morgan fingerprint density at radius 2 is 1.76 bits per heavy atom. The van der Waals surface area contributed by atoms with Crippen molar-refractivity contribution in [1.82, 2.24) is 20.6 Å². The second-order valence-electron chi connectivity index (χ2n) is 16.5. The normalized spacial score (nSPS) is 27.4. The van der Waals surface area contributed by atoms with E-state index < -0.39 is 18.0 Å². The third-order valence-electron chi connectivity index (χ3n) is 13.3. The Morgan fingerprint density at radius 3 is 2.45 bits per heavy atom. The molecule has 9 heteroatoms. The number of carbonyl (C=O) groups is 2. The maximum absolute atomic E-state index is 13.6. The van der Waals surface area contributed by atoms with Gasteiger partial charge in [-0.1, -0.05) is 53.0 Å². The van der Waals surface area contributed by atoms with Crippen molar-refractivity contribution in [3.63, 3.8) is 0 Å². The van der Waals surface area contributed by atoms with E-state index in [1.54, 1.807) is 0 Å². The minimum absolute atomic E-state index is 0.0188. The number of rotatable bonds is 13. The molecule has 8 bridgehead atoms. The Hall–Kier alpha value is -4.24. The third-order valence-corrected chi connectivity index (χ3v) is 13.3. The van der Waals surface area contributed by atoms with E-state index in [0.717, 1.165) is 81.8 Å². The molecule has 5 N–H and O–H groups in total. The maximum Gasteiger partial charge on any atom is 0.315 e. The van der Waals surface area contributed by atoms with Gasteiger partial charge in [-0.15, -0.1) is 0 Å². The van der Waals surface area contributed by atoms with Gasteiger partial charge in [0, 0.05) is 63.0 Å². The molecule has 3 aliphatic heterocycles. The van der Waals surface area contributed by atoms with Crippen molar-refractivity contribution in [2.75, 3.05) is 13.7 Å². The van der Waals surface area contributed by atoms with Gasteiger partial charge in [0.25, 0.3) is 0 Å². The molecule has 1 aliphatic carbocycles. The highest BCUT2D eigenvalue weighted by atomic mass is 16.5. The van der Waals surface area contributed by atoms with Crippen molar-refractivity contribution in [2.24, 2.45) is 29.6 Å². The first-order valence-electron chi connectivity index (χ1n) is 20.7. The number of H-pyrrole nitrogens is 2. The van der Waals surface area contributed by atoms with Crippen LogP contribution < -0.4 is 21.3 Å². The molecule has 1 saturated heterocycles. The van der Waals surface area contributed by atoms with Gasteiger partial charge in [0.2, 0.25) is 0 Å². The molecule has 9 nitrogen and oxygen atoms in total. The van der Waals surface area contributed by atoms with Gasteiger partial charge in [-0.3, -0.25) is 9.59 Å². The SMILES string of the molecule is CCc1c2[nH]c(c1C)/C=C1\NC(=C(C)[C@H]1CC)/C=C1\NC(C3=c4[nH]/c(c(C)c4[C@H](O)[C@@H]3C(=O)OC)=C\2)[C@@H](CCC(=O)OC/C=C(/C)CCC[C@@H](C)CC)[C@@H]1C. The van der Waals surface area contributed by atoms with E-state index in [1.165, 1.54) is 47.9 Å². The van der Waals surface area contributed by atoms with Crippen LogP contribution in [-0.4, -0.2) is 46.8 Å². The van der Waals surface area contributed by atoms with E-state index >= 15 is 0 Å². The van der Waals surface area contributed by atoms with Crippen LogP contribution in [0.1, 0.15) is 133 Å². The van der Waals surface area contributed by atoms with Crippen LogP contribution in [0.4, 0.5) is 0 Å². The summed E-state index contributed by atoms with van der Waals surface area (Å²) in [5.41, 5.74) is 12.8. The Bertz CT molecular complexity index is 2060. The second kappa shape index (κ2) is 16.9. The van der Waals surface area contributed by atoms with Crippen molar-refractivity contribution in [2.45, 2.75) is 126 Å². The first-order chi connectivity index (χ1) is 26.3. The van der Waals surface area contributed by atoms with Crippen LogP contribution in [-0.2, 0) is 25.5 Å². The Kier molecular flexibility index (Phi) is 12.4. The summed E-state index contributed by atoms with van der Waals surface area (Å²) in [4.78, 5) is 34.3. The van der Waals surface area contributed by atoms with Crippen LogP contribution in [0.2, 0.25) is 0 Å². The van der Waals surface area contributed by atoms with Crippen LogP contribution in [0.5, 0.6) is 0 Å². The predicted molar refractivity (Wildman–Crippen MR) is 220 cm³/mol. The van der Waals surface area contributed by atoms with Gasteiger partial charge < -0.3 is 35.2 Å². The molecule has 4 aliphatic rings. The first-order valence-corrected chi connectivity index (χ1v) is 20.7. The number of esters is 2. The monoisotopic (exact) mass is 752 g/mol. The lowest BCUT2D eigenvalue weighted by Gasteiger charge is -2.27.